The first-order valence-electron chi connectivity index (χ1n) is 5.77. The number of anilines is 1. The van der Waals surface area contributed by atoms with E-state index in [1.54, 1.807) is 6.07 Å². The minimum atomic E-state index is 0.436. The van der Waals surface area contributed by atoms with E-state index in [0.717, 1.165) is 25.3 Å². The van der Waals surface area contributed by atoms with E-state index in [9.17, 15) is 0 Å². The van der Waals surface area contributed by atoms with Crippen LogP contribution in [0.4, 0.5) is 5.82 Å². The molecule has 1 atom stereocenters. The standard InChI is InChI=1S/C12H17N5/c1-9-14-10(7-13)6-12(15-9)17(3)11-4-5-16(2)8-11/h6,11H,4-5,8H2,1-3H3. The van der Waals surface area contributed by atoms with E-state index in [4.69, 9.17) is 5.26 Å². The van der Waals surface area contributed by atoms with Gasteiger partial charge in [0, 0.05) is 25.7 Å². The van der Waals surface area contributed by atoms with Gasteiger partial charge in [-0.3, -0.25) is 0 Å². The number of aromatic nitrogens is 2. The van der Waals surface area contributed by atoms with Crippen LogP contribution in [0.2, 0.25) is 0 Å². The molecule has 2 heterocycles. The van der Waals surface area contributed by atoms with Crippen LogP contribution < -0.4 is 4.90 Å². The Morgan fingerprint density at radius 1 is 1.53 bits per heavy atom. The molecule has 0 amide bonds. The van der Waals surface area contributed by atoms with E-state index >= 15 is 0 Å². The van der Waals surface area contributed by atoms with E-state index in [1.807, 2.05) is 14.0 Å². The lowest BCUT2D eigenvalue weighted by Gasteiger charge is -2.25. The topological polar surface area (TPSA) is 56.1 Å². The van der Waals surface area contributed by atoms with Gasteiger partial charge in [-0.25, -0.2) is 9.97 Å². The summed E-state index contributed by atoms with van der Waals surface area (Å²) in [5.74, 6) is 1.49. The highest BCUT2D eigenvalue weighted by Gasteiger charge is 2.24. The van der Waals surface area contributed by atoms with Crippen LogP contribution in [0.5, 0.6) is 0 Å². The van der Waals surface area contributed by atoms with Crippen LogP contribution >= 0.6 is 0 Å². The summed E-state index contributed by atoms with van der Waals surface area (Å²) in [6.07, 6.45) is 1.14. The Bertz CT molecular complexity index is 451. The molecule has 0 saturated carbocycles. The molecule has 1 aromatic heterocycles. The summed E-state index contributed by atoms with van der Waals surface area (Å²) in [6, 6.07) is 4.30. The van der Waals surface area contributed by atoms with Gasteiger partial charge in [0.1, 0.15) is 23.4 Å². The predicted octanol–water partition coefficient (Wildman–Crippen LogP) is 0.797. The molecule has 1 unspecified atom stereocenters. The number of nitrogens with zero attached hydrogens (tertiary/aromatic N) is 5. The van der Waals surface area contributed by atoms with Gasteiger partial charge in [0.2, 0.25) is 0 Å². The first-order valence-corrected chi connectivity index (χ1v) is 5.77. The van der Waals surface area contributed by atoms with Crippen LogP contribution in [0.25, 0.3) is 0 Å². The fourth-order valence-corrected chi connectivity index (χ4v) is 2.20. The SMILES string of the molecule is Cc1nc(C#N)cc(N(C)C2CCN(C)C2)n1. The maximum Gasteiger partial charge on any atom is 0.146 e. The minimum Gasteiger partial charge on any atom is -0.355 e. The van der Waals surface area contributed by atoms with Gasteiger partial charge in [-0.05, 0) is 26.9 Å². The van der Waals surface area contributed by atoms with Gasteiger partial charge in [0.15, 0.2) is 0 Å². The molecule has 17 heavy (non-hydrogen) atoms. The van der Waals surface area contributed by atoms with Gasteiger partial charge in [-0.2, -0.15) is 5.26 Å². The van der Waals surface area contributed by atoms with Crippen molar-refractivity contribution in [2.24, 2.45) is 0 Å². The summed E-state index contributed by atoms with van der Waals surface area (Å²) in [7, 11) is 4.16. The van der Waals surface area contributed by atoms with Gasteiger partial charge in [-0.1, -0.05) is 0 Å². The normalized spacial score (nSPS) is 20.2. The number of hydrogen-bond donors (Lipinski definition) is 0. The number of nitriles is 1. The zero-order chi connectivity index (χ0) is 12.4. The monoisotopic (exact) mass is 231 g/mol. The van der Waals surface area contributed by atoms with E-state index in [1.165, 1.54) is 0 Å². The molecular weight excluding hydrogens is 214 g/mol. The van der Waals surface area contributed by atoms with Crippen molar-refractivity contribution in [2.75, 3.05) is 32.1 Å². The third kappa shape index (κ3) is 2.53. The second-order valence-electron chi connectivity index (χ2n) is 4.59. The van der Waals surface area contributed by atoms with Crippen LogP contribution in [0, 0.1) is 18.3 Å². The van der Waals surface area contributed by atoms with Crippen molar-refractivity contribution in [1.29, 1.82) is 5.26 Å². The Labute approximate surface area is 102 Å². The summed E-state index contributed by atoms with van der Waals surface area (Å²) in [5, 5.41) is 8.91. The van der Waals surface area contributed by atoms with Crippen LogP contribution in [-0.4, -0.2) is 48.1 Å². The molecule has 0 N–H and O–H groups in total. The van der Waals surface area contributed by atoms with Crippen molar-refractivity contribution in [3.63, 3.8) is 0 Å². The molecule has 1 aliphatic rings. The lowest BCUT2D eigenvalue weighted by atomic mass is 10.2. The Kier molecular flexibility index (Phi) is 3.25. The van der Waals surface area contributed by atoms with Crippen LogP contribution in [-0.2, 0) is 0 Å². The first-order chi connectivity index (χ1) is 8.10. The number of hydrogen-bond acceptors (Lipinski definition) is 5. The molecular formula is C12H17N5. The third-order valence-electron chi connectivity index (χ3n) is 3.21. The largest absolute Gasteiger partial charge is 0.355 e. The highest BCUT2D eigenvalue weighted by molar-refractivity contribution is 5.43. The summed E-state index contributed by atoms with van der Waals surface area (Å²) in [4.78, 5) is 12.9. The molecule has 90 valence electrons. The second kappa shape index (κ2) is 4.68. The Balaban J connectivity index is 2.22. The quantitative estimate of drug-likeness (QED) is 0.753. The molecule has 1 fully saturated rings. The lowest BCUT2D eigenvalue weighted by molar-refractivity contribution is 0.409. The van der Waals surface area contributed by atoms with E-state index in [2.05, 4.69) is 32.9 Å². The van der Waals surface area contributed by atoms with E-state index in [-0.39, 0.29) is 0 Å². The maximum atomic E-state index is 8.91. The van der Waals surface area contributed by atoms with Crippen molar-refractivity contribution in [2.45, 2.75) is 19.4 Å². The summed E-state index contributed by atoms with van der Waals surface area (Å²) in [6.45, 7) is 3.98. The number of rotatable bonds is 2. The summed E-state index contributed by atoms with van der Waals surface area (Å²) < 4.78 is 0. The fraction of sp³-hybridized carbons (Fsp3) is 0.583. The zero-order valence-corrected chi connectivity index (χ0v) is 10.5. The molecule has 1 aliphatic heterocycles. The third-order valence-corrected chi connectivity index (χ3v) is 3.21. The number of aryl methyl sites for hydroxylation is 1. The van der Waals surface area contributed by atoms with Crippen molar-refractivity contribution < 1.29 is 0 Å². The molecule has 0 spiro atoms. The predicted molar refractivity (Wildman–Crippen MR) is 65.8 cm³/mol. The fourth-order valence-electron chi connectivity index (χ4n) is 2.20. The van der Waals surface area contributed by atoms with Crippen molar-refractivity contribution in [3.8, 4) is 6.07 Å². The number of likely N-dealkylation sites (tertiary alicyclic amines) is 1. The number of likely N-dealkylation sites (N-methyl/N-ethyl adjacent to an activating group) is 2. The highest BCUT2D eigenvalue weighted by Crippen LogP contribution is 2.19. The minimum absolute atomic E-state index is 0.436. The highest BCUT2D eigenvalue weighted by atomic mass is 15.3. The molecule has 0 bridgehead atoms. The van der Waals surface area contributed by atoms with Crippen LogP contribution in [0.3, 0.4) is 0 Å². The smallest absolute Gasteiger partial charge is 0.146 e. The van der Waals surface area contributed by atoms with Crippen LogP contribution in [0.1, 0.15) is 17.9 Å². The Hall–Kier alpha value is -1.67. The molecule has 1 aromatic rings. The van der Waals surface area contributed by atoms with Gasteiger partial charge in [0.25, 0.3) is 0 Å². The molecule has 1 saturated heterocycles. The van der Waals surface area contributed by atoms with Crippen molar-refractivity contribution >= 4 is 5.82 Å². The summed E-state index contributed by atoms with van der Waals surface area (Å²) in [5.41, 5.74) is 0.436. The van der Waals surface area contributed by atoms with Crippen LogP contribution in [0.15, 0.2) is 6.07 Å². The Morgan fingerprint density at radius 2 is 2.29 bits per heavy atom. The average molecular weight is 231 g/mol. The first kappa shape index (κ1) is 11.8. The van der Waals surface area contributed by atoms with Crippen molar-refractivity contribution in [1.82, 2.24) is 14.9 Å². The summed E-state index contributed by atoms with van der Waals surface area (Å²) >= 11 is 0. The average Bonchev–Trinajstić information content (AvgIpc) is 2.74. The van der Waals surface area contributed by atoms with E-state index < -0.39 is 0 Å². The second-order valence-corrected chi connectivity index (χ2v) is 4.59. The molecule has 2 rings (SSSR count). The van der Waals surface area contributed by atoms with E-state index in [0.29, 0.717) is 17.6 Å². The van der Waals surface area contributed by atoms with Gasteiger partial charge < -0.3 is 9.80 Å². The molecule has 5 nitrogen and oxygen atoms in total. The van der Waals surface area contributed by atoms with Crippen molar-refractivity contribution in [3.05, 3.63) is 17.6 Å². The van der Waals surface area contributed by atoms with Gasteiger partial charge >= 0.3 is 0 Å². The van der Waals surface area contributed by atoms with Gasteiger partial charge in [-0.15, -0.1) is 0 Å². The van der Waals surface area contributed by atoms with Gasteiger partial charge in [0.05, 0.1) is 0 Å². The maximum absolute atomic E-state index is 8.91. The lowest BCUT2D eigenvalue weighted by Crippen LogP contribution is -2.34. The molecule has 0 aromatic carbocycles. The zero-order valence-electron chi connectivity index (χ0n) is 10.5. The Morgan fingerprint density at radius 3 is 2.88 bits per heavy atom. The molecule has 0 aliphatic carbocycles. The molecule has 5 heteroatoms. The molecule has 0 radical (unpaired) electrons.